The largest absolute Gasteiger partial charge is 0.369 e. The molecule has 0 unspecified atom stereocenters. The molecule has 0 aromatic carbocycles. The number of nitrogens with one attached hydrogen (secondary N) is 1. The van der Waals surface area contributed by atoms with Gasteiger partial charge in [0.2, 0.25) is 0 Å². The SMILES string of the molecule is Cc1cccnc1NCCN1CCCCCC1. The van der Waals surface area contributed by atoms with Crippen LogP contribution in [0.5, 0.6) is 0 Å². The molecule has 1 aromatic rings. The van der Waals surface area contributed by atoms with Gasteiger partial charge in [0.25, 0.3) is 0 Å². The first-order valence-electron chi connectivity index (χ1n) is 6.74. The minimum absolute atomic E-state index is 0.998. The van der Waals surface area contributed by atoms with E-state index < -0.39 is 0 Å². The van der Waals surface area contributed by atoms with Crippen molar-refractivity contribution in [3.8, 4) is 0 Å². The van der Waals surface area contributed by atoms with Crippen LogP contribution in [0, 0.1) is 6.92 Å². The van der Waals surface area contributed by atoms with Gasteiger partial charge in [0.05, 0.1) is 0 Å². The van der Waals surface area contributed by atoms with Crippen LogP contribution in [0.4, 0.5) is 5.82 Å². The van der Waals surface area contributed by atoms with Crippen LogP contribution in [0.25, 0.3) is 0 Å². The highest BCUT2D eigenvalue weighted by Gasteiger charge is 2.08. The maximum absolute atomic E-state index is 4.35. The number of nitrogens with zero attached hydrogens (tertiary/aromatic N) is 2. The number of hydrogen-bond donors (Lipinski definition) is 1. The van der Waals surface area contributed by atoms with Crippen LogP contribution < -0.4 is 5.32 Å². The quantitative estimate of drug-likeness (QED) is 0.866. The summed E-state index contributed by atoms with van der Waals surface area (Å²) in [6.07, 6.45) is 7.39. The number of aromatic nitrogens is 1. The molecule has 0 aliphatic carbocycles. The van der Waals surface area contributed by atoms with Crippen LogP contribution in [0.2, 0.25) is 0 Å². The molecular weight excluding hydrogens is 210 g/mol. The van der Waals surface area contributed by atoms with Gasteiger partial charge in [-0.05, 0) is 44.5 Å². The van der Waals surface area contributed by atoms with E-state index in [4.69, 9.17) is 0 Å². The van der Waals surface area contributed by atoms with Crippen LogP contribution in [-0.2, 0) is 0 Å². The van der Waals surface area contributed by atoms with Crippen molar-refractivity contribution >= 4 is 5.82 Å². The van der Waals surface area contributed by atoms with Crippen molar-refractivity contribution in [2.75, 3.05) is 31.5 Å². The second-order valence-corrected chi connectivity index (χ2v) is 4.85. The summed E-state index contributed by atoms with van der Waals surface area (Å²) in [7, 11) is 0. The van der Waals surface area contributed by atoms with Crippen molar-refractivity contribution in [3.63, 3.8) is 0 Å². The predicted molar refractivity (Wildman–Crippen MR) is 72.4 cm³/mol. The third-order valence-electron chi connectivity index (χ3n) is 3.43. The van der Waals surface area contributed by atoms with E-state index in [1.165, 1.54) is 44.3 Å². The molecule has 0 amide bonds. The molecular formula is C14H23N3. The first kappa shape index (κ1) is 12.4. The van der Waals surface area contributed by atoms with Gasteiger partial charge in [-0.25, -0.2) is 4.98 Å². The molecule has 0 radical (unpaired) electrons. The lowest BCUT2D eigenvalue weighted by Gasteiger charge is -2.20. The Kier molecular flexibility index (Phi) is 4.80. The zero-order valence-electron chi connectivity index (χ0n) is 10.8. The molecule has 2 rings (SSSR count). The van der Waals surface area contributed by atoms with E-state index in [1.54, 1.807) is 0 Å². The number of pyridine rings is 1. The Morgan fingerprint density at radius 3 is 2.71 bits per heavy atom. The van der Waals surface area contributed by atoms with Gasteiger partial charge in [-0.2, -0.15) is 0 Å². The Hall–Kier alpha value is -1.09. The highest BCUT2D eigenvalue weighted by Crippen LogP contribution is 2.10. The third-order valence-corrected chi connectivity index (χ3v) is 3.43. The standard InChI is InChI=1S/C14H23N3/c1-13-7-6-8-15-14(13)16-9-12-17-10-4-2-3-5-11-17/h6-8H,2-5,9-12H2,1H3,(H,15,16). The maximum Gasteiger partial charge on any atom is 0.128 e. The zero-order chi connectivity index (χ0) is 11.9. The molecule has 1 fully saturated rings. The highest BCUT2D eigenvalue weighted by atomic mass is 15.1. The Bertz CT molecular complexity index is 330. The number of anilines is 1. The Balaban J connectivity index is 1.73. The van der Waals surface area contributed by atoms with Gasteiger partial charge in [-0.3, -0.25) is 0 Å². The Morgan fingerprint density at radius 2 is 2.00 bits per heavy atom. The second kappa shape index (κ2) is 6.60. The molecule has 3 heteroatoms. The molecule has 1 aliphatic rings. The number of likely N-dealkylation sites (tertiary alicyclic amines) is 1. The van der Waals surface area contributed by atoms with Crippen molar-refractivity contribution in [2.24, 2.45) is 0 Å². The first-order chi connectivity index (χ1) is 8.36. The summed E-state index contributed by atoms with van der Waals surface area (Å²) in [4.78, 5) is 6.92. The van der Waals surface area contributed by atoms with Crippen LogP contribution >= 0.6 is 0 Å². The average Bonchev–Trinajstić information content (AvgIpc) is 2.60. The molecule has 0 bridgehead atoms. The minimum Gasteiger partial charge on any atom is -0.369 e. The van der Waals surface area contributed by atoms with E-state index in [2.05, 4.69) is 28.2 Å². The molecule has 17 heavy (non-hydrogen) atoms. The fourth-order valence-corrected chi connectivity index (χ4v) is 2.36. The monoisotopic (exact) mass is 233 g/mol. The molecule has 1 saturated heterocycles. The molecule has 0 saturated carbocycles. The summed E-state index contributed by atoms with van der Waals surface area (Å²) in [6.45, 7) is 6.76. The summed E-state index contributed by atoms with van der Waals surface area (Å²) in [5, 5.41) is 3.43. The summed E-state index contributed by atoms with van der Waals surface area (Å²) in [5.41, 5.74) is 1.23. The van der Waals surface area contributed by atoms with E-state index in [0.717, 1.165) is 18.9 Å². The lowest BCUT2D eigenvalue weighted by atomic mass is 10.2. The lowest BCUT2D eigenvalue weighted by molar-refractivity contribution is 0.296. The molecule has 94 valence electrons. The first-order valence-corrected chi connectivity index (χ1v) is 6.74. The van der Waals surface area contributed by atoms with Crippen LogP contribution in [0.1, 0.15) is 31.2 Å². The molecule has 0 spiro atoms. The fourth-order valence-electron chi connectivity index (χ4n) is 2.36. The van der Waals surface area contributed by atoms with Crippen LogP contribution in [-0.4, -0.2) is 36.1 Å². The van der Waals surface area contributed by atoms with Gasteiger partial charge < -0.3 is 10.2 Å². The van der Waals surface area contributed by atoms with E-state index in [-0.39, 0.29) is 0 Å². The molecule has 3 nitrogen and oxygen atoms in total. The Morgan fingerprint density at radius 1 is 1.24 bits per heavy atom. The van der Waals surface area contributed by atoms with Crippen molar-refractivity contribution in [3.05, 3.63) is 23.9 Å². The van der Waals surface area contributed by atoms with Crippen LogP contribution in [0.15, 0.2) is 18.3 Å². The number of rotatable bonds is 4. The predicted octanol–water partition coefficient (Wildman–Crippen LogP) is 2.68. The van der Waals surface area contributed by atoms with Crippen molar-refractivity contribution in [1.29, 1.82) is 0 Å². The van der Waals surface area contributed by atoms with E-state index >= 15 is 0 Å². The van der Waals surface area contributed by atoms with Gasteiger partial charge in [0, 0.05) is 19.3 Å². The van der Waals surface area contributed by atoms with Gasteiger partial charge in [-0.1, -0.05) is 18.9 Å². The average molecular weight is 233 g/mol. The molecule has 1 N–H and O–H groups in total. The van der Waals surface area contributed by atoms with Crippen molar-refractivity contribution in [1.82, 2.24) is 9.88 Å². The van der Waals surface area contributed by atoms with Crippen molar-refractivity contribution < 1.29 is 0 Å². The van der Waals surface area contributed by atoms with Crippen molar-refractivity contribution in [2.45, 2.75) is 32.6 Å². The summed E-state index contributed by atoms with van der Waals surface area (Å²) < 4.78 is 0. The highest BCUT2D eigenvalue weighted by molar-refractivity contribution is 5.42. The van der Waals surface area contributed by atoms with E-state index in [1.807, 2.05) is 12.3 Å². The second-order valence-electron chi connectivity index (χ2n) is 4.85. The lowest BCUT2D eigenvalue weighted by Crippen LogP contribution is -2.30. The normalized spacial score (nSPS) is 17.7. The van der Waals surface area contributed by atoms with E-state index in [0.29, 0.717) is 0 Å². The molecule has 2 heterocycles. The maximum atomic E-state index is 4.35. The molecule has 1 aliphatic heterocycles. The summed E-state index contributed by atoms with van der Waals surface area (Å²) >= 11 is 0. The molecule has 1 aromatic heterocycles. The topological polar surface area (TPSA) is 28.2 Å². The number of aryl methyl sites for hydroxylation is 1. The smallest absolute Gasteiger partial charge is 0.128 e. The third kappa shape index (κ3) is 4.00. The summed E-state index contributed by atoms with van der Waals surface area (Å²) in [5.74, 6) is 1.03. The van der Waals surface area contributed by atoms with Gasteiger partial charge in [0.15, 0.2) is 0 Å². The van der Waals surface area contributed by atoms with Crippen LogP contribution in [0.3, 0.4) is 0 Å². The fraction of sp³-hybridized carbons (Fsp3) is 0.643. The number of hydrogen-bond acceptors (Lipinski definition) is 3. The van der Waals surface area contributed by atoms with Gasteiger partial charge in [0.1, 0.15) is 5.82 Å². The minimum atomic E-state index is 0.998. The summed E-state index contributed by atoms with van der Waals surface area (Å²) in [6, 6.07) is 4.08. The zero-order valence-corrected chi connectivity index (χ0v) is 10.8. The van der Waals surface area contributed by atoms with Gasteiger partial charge in [-0.15, -0.1) is 0 Å². The van der Waals surface area contributed by atoms with E-state index in [9.17, 15) is 0 Å². The Labute approximate surface area is 104 Å². The van der Waals surface area contributed by atoms with Gasteiger partial charge >= 0.3 is 0 Å². The molecule has 0 atom stereocenters.